The van der Waals surface area contributed by atoms with Crippen molar-refractivity contribution in [3.05, 3.63) is 53.0 Å². The van der Waals surface area contributed by atoms with Gasteiger partial charge in [-0.1, -0.05) is 37.8 Å². The van der Waals surface area contributed by atoms with Gasteiger partial charge in [0.2, 0.25) is 5.91 Å². The van der Waals surface area contributed by atoms with Gasteiger partial charge in [-0.05, 0) is 55.0 Å². The highest BCUT2D eigenvalue weighted by Gasteiger charge is 2.48. The fourth-order valence-electron chi connectivity index (χ4n) is 5.24. The Morgan fingerprint density at radius 1 is 1.18 bits per heavy atom. The van der Waals surface area contributed by atoms with Gasteiger partial charge in [-0.25, -0.2) is 0 Å². The quantitative estimate of drug-likeness (QED) is 0.542. The molecule has 33 heavy (non-hydrogen) atoms. The van der Waals surface area contributed by atoms with Gasteiger partial charge in [0.05, 0.1) is 23.9 Å². The van der Waals surface area contributed by atoms with Crippen LogP contribution in [0.3, 0.4) is 0 Å². The molecular formula is C26H31N3O3S. The largest absolute Gasteiger partial charge is 0.497 e. The first kappa shape index (κ1) is 22.0. The molecule has 2 aromatic heterocycles. The lowest BCUT2D eigenvalue weighted by Gasteiger charge is -2.44. The van der Waals surface area contributed by atoms with Gasteiger partial charge in [-0.2, -0.15) is 0 Å². The molecule has 0 bridgehead atoms. The van der Waals surface area contributed by atoms with Gasteiger partial charge >= 0.3 is 0 Å². The Balaban J connectivity index is 1.51. The van der Waals surface area contributed by atoms with E-state index in [9.17, 15) is 9.59 Å². The second-order valence-electron chi connectivity index (χ2n) is 9.46. The monoisotopic (exact) mass is 465 g/mol. The van der Waals surface area contributed by atoms with E-state index in [1.165, 1.54) is 12.8 Å². The van der Waals surface area contributed by atoms with Crippen molar-refractivity contribution in [3.8, 4) is 5.75 Å². The van der Waals surface area contributed by atoms with Gasteiger partial charge in [-0.15, -0.1) is 11.3 Å². The third-order valence-corrected chi connectivity index (χ3v) is 8.06. The molecule has 0 spiro atoms. The summed E-state index contributed by atoms with van der Waals surface area (Å²) in [5.41, 5.74) is 1.63. The summed E-state index contributed by atoms with van der Waals surface area (Å²) in [6.07, 6.45) is 6.76. The highest BCUT2D eigenvalue weighted by Crippen LogP contribution is 2.35. The van der Waals surface area contributed by atoms with Crippen molar-refractivity contribution in [2.45, 2.75) is 70.1 Å². The van der Waals surface area contributed by atoms with Crippen LogP contribution in [0.4, 0.5) is 0 Å². The van der Waals surface area contributed by atoms with Crippen LogP contribution >= 0.6 is 11.3 Å². The Bertz CT molecular complexity index is 1170. The van der Waals surface area contributed by atoms with E-state index >= 15 is 0 Å². The van der Waals surface area contributed by atoms with E-state index < -0.39 is 5.54 Å². The number of fused-ring (bicyclic) bond motifs is 3. The number of nitrogens with zero attached hydrogens (tertiary/aromatic N) is 2. The molecule has 1 aliphatic carbocycles. The molecule has 1 fully saturated rings. The standard InChI is InChI=1S/C26H31N3O3S/c1-26(25(31)27-19-9-5-3-4-6-10-19)17-28-21-12-13-33-23(21)15-22(28)24(30)29(26)16-18-8-7-11-20(14-18)32-2/h7-8,11-15,19H,3-6,9-10,16-17H2,1-2H3,(H,27,31). The van der Waals surface area contributed by atoms with Gasteiger partial charge in [0.15, 0.2) is 0 Å². The van der Waals surface area contributed by atoms with E-state index in [-0.39, 0.29) is 17.9 Å². The first-order valence-electron chi connectivity index (χ1n) is 11.8. The number of amides is 2. The highest BCUT2D eigenvalue weighted by molar-refractivity contribution is 7.17. The minimum absolute atomic E-state index is 0.0617. The van der Waals surface area contributed by atoms with Gasteiger partial charge in [0, 0.05) is 12.6 Å². The normalized spacial score (nSPS) is 21.6. The smallest absolute Gasteiger partial charge is 0.271 e. The molecule has 174 valence electrons. The maximum Gasteiger partial charge on any atom is 0.271 e. The number of ether oxygens (including phenoxy) is 1. The number of hydrogen-bond donors (Lipinski definition) is 1. The molecular weight excluding hydrogens is 434 g/mol. The Labute approximate surface area is 198 Å². The molecule has 1 unspecified atom stereocenters. The summed E-state index contributed by atoms with van der Waals surface area (Å²) in [5.74, 6) is 0.574. The molecule has 1 aromatic carbocycles. The molecule has 1 atom stereocenters. The van der Waals surface area contributed by atoms with Gasteiger partial charge in [0.1, 0.15) is 17.0 Å². The van der Waals surface area contributed by atoms with Crippen molar-refractivity contribution in [3.63, 3.8) is 0 Å². The molecule has 0 saturated heterocycles. The zero-order valence-corrected chi connectivity index (χ0v) is 20.1. The molecule has 1 aliphatic heterocycles. The third kappa shape index (κ3) is 4.03. The Kier molecular flexibility index (Phi) is 5.91. The predicted octanol–water partition coefficient (Wildman–Crippen LogP) is 4.97. The van der Waals surface area contributed by atoms with Crippen molar-refractivity contribution in [2.75, 3.05) is 7.11 Å². The van der Waals surface area contributed by atoms with E-state index in [0.29, 0.717) is 18.8 Å². The van der Waals surface area contributed by atoms with Crippen LogP contribution in [0.1, 0.15) is 61.5 Å². The highest BCUT2D eigenvalue weighted by atomic mass is 32.1. The molecule has 3 aromatic rings. The first-order chi connectivity index (χ1) is 16.0. The second-order valence-corrected chi connectivity index (χ2v) is 10.4. The Hall–Kier alpha value is -2.80. The summed E-state index contributed by atoms with van der Waals surface area (Å²) >= 11 is 1.62. The number of carbonyl (C=O) groups is 2. The molecule has 1 saturated carbocycles. The lowest BCUT2D eigenvalue weighted by Crippen LogP contribution is -2.64. The number of nitrogens with one attached hydrogen (secondary N) is 1. The maximum atomic E-state index is 13.8. The summed E-state index contributed by atoms with van der Waals surface area (Å²) in [5, 5.41) is 5.36. The van der Waals surface area contributed by atoms with Crippen LogP contribution in [0, 0.1) is 0 Å². The lowest BCUT2D eigenvalue weighted by atomic mass is 9.93. The van der Waals surface area contributed by atoms with Crippen LogP contribution < -0.4 is 10.1 Å². The van der Waals surface area contributed by atoms with Gasteiger partial charge in [-0.3, -0.25) is 9.59 Å². The van der Waals surface area contributed by atoms with Crippen molar-refractivity contribution >= 4 is 33.4 Å². The number of thiophene rings is 1. The molecule has 2 amide bonds. The molecule has 6 nitrogen and oxygen atoms in total. The molecule has 5 rings (SSSR count). The zero-order valence-electron chi connectivity index (χ0n) is 19.3. The van der Waals surface area contributed by atoms with Crippen LogP contribution in [-0.4, -0.2) is 40.0 Å². The molecule has 2 aliphatic rings. The van der Waals surface area contributed by atoms with Gasteiger partial charge < -0.3 is 19.5 Å². The fourth-order valence-corrected chi connectivity index (χ4v) is 6.06. The Morgan fingerprint density at radius 3 is 2.73 bits per heavy atom. The van der Waals surface area contributed by atoms with Crippen molar-refractivity contribution in [2.24, 2.45) is 0 Å². The molecule has 0 radical (unpaired) electrons. The summed E-state index contributed by atoms with van der Waals surface area (Å²) in [4.78, 5) is 29.4. The van der Waals surface area contributed by atoms with E-state index in [1.807, 2.05) is 53.3 Å². The van der Waals surface area contributed by atoms with E-state index in [2.05, 4.69) is 5.32 Å². The first-order valence-corrected chi connectivity index (χ1v) is 12.7. The van der Waals surface area contributed by atoms with Crippen LogP contribution in [0.2, 0.25) is 0 Å². The number of methoxy groups -OCH3 is 1. The van der Waals surface area contributed by atoms with Crippen LogP contribution in [0.5, 0.6) is 5.75 Å². The fraction of sp³-hybridized carbons (Fsp3) is 0.462. The van der Waals surface area contributed by atoms with Crippen molar-refractivity contribution in [1.29, 1.82) is 0 Å². The number of hydrogen-bond acceptors (Lipinski definition) is 4. The van der Waals surface area contributed by atoms with Crippen molar-refractivity contribution in [1.82, 2.24) is 14.8 Å². The lowest BCUT2D eigenvalue weighted by molar-refractivity contribution is -0.134. The van der Waals surface area contributed by atoms with Crippen molar-refractivity contribution < 1.29 is 14.3 Å². The number of aromatic nitrogens is 1. The van der Waals surface area contributed by atoms with E-state index in [0.717, 1.165) is 47.2 Å². The topological polar surface area (TPSA) is 63.6 Å². The summed E-state index contributed by atoms with van der Waals surface area (Å²) in [6.45, 7) is 2.71. The third-order valence-electron chi connectivity index (χ3n) is 7.20. The van der Waals surface area contributed by atoms with E-state index in [4.69, 9.17) is 4.74 Å². The minimum atomic E-state index is -0.993. The molecule has 3 heterocycles. The van der Waals surface area contributed by atoms with Crippen LogP contribution in [-0.2, 0) is 17.9 Å². The molecule has 7 heteroatoms. The number of rotatable bonds is 5. The number of carbonyl (C=O) groups excluding carboxylic acids is 2. The number of benzene rings is 1. The van der Waals surface area contributed by atoms with Crippen LogP contribution in [0.15, 0.2) is 41.8 Å². The van der Waals surface area contributed by atoms with E-state index in [1.54, 1.807) is 23.3 Å². The van der Waals surface area contributed by atoms with Crippen LogP contribution in [0.25, 0.3) is 10.2 Å². The zero-order chi connectivity index (χ0) is 23.0. The summed E-state index contributed by atoms with van der Waals surface area (Å²) in [7, 11) is 1.63. The predicted molar refractivity (Wildman–Crippen MR) is 131 cm³/mol. The average Bonchev–Trinajstić information content (AvgIpc) is 3.31. The summed E-state index contributed by atoms with van der Waals surface area (Å²) < 4.78 is 8.49. The maximum absolute atomic E-state index is 13.8. The average molecular weight is 466 g/mol. The molecule has 1 N–H and O–H groups in total. The SMILES string of the molecule is COc1cccc(CN2C(=O)c3cc4sccc4n3CC2(C)C(=O)NC2CCCCCC2)c1. The Morgan fingerprint density at radius 2 is 1.97 bits per heavy atom. The minimum Gasteiger partial charge on any atom is -0.497 e. The van der Waals surface area contributed by atoms with Gasteiger partial charge in [0.25, 0.3) is 5.91 Å². The summed E-state index contributed by atoms with van der Waals surface area (Å²) in [6, 6.07) is 11.9. The second kappa shape index (κ2) is 8.86.